The Bertz CT molecular complexity index is 1410. The third-order valence-corrected chi connectivity index (χ3v) is 8.70. The number of rotatable bonds is 5. The van der Waals surface area contributed by atoms with Crippen molar-refractivity contribution in [3.63, 3.8) is 0 Å². The number of sulfonamides is 1. The Balaban J connectivity index is 1.73. The molecule has 33 heavy (non-hydrogen) atoms. The molecule has 1 unspecified atom stereocenters. The number of carbonyl (C=O) groups is 1. The highest BCUT2D eigenvalue weighted by atomic mass is 32.2. The van der Waals surface area contributed by atoms with Gasteiger partial charge in [0.15, 0.2) is 4.80 Å². The normalized spacial score (nSPS) is 17.7. The molecule has 3 aromatic rings. The van der Waals surface area contributed by atoms with E-state index < -0.39 is 27.8 Å². The van der Waals surface area contributed by atoms with Crippen LogP contribution < -0.4 is 4.80 Å². The van der Waals surface area contributed by atoms with Gasteiger partial charge in [-0.05, 0) is 60.7 Å². The van der Waals surface area contributed by atoms with Crippen LogP contribution in [0.25, 0.3) is 10.2 Å². The number of halogens is 1. The van der Waals surface area contributed by atoms with Crippen LogP contribution in [0.5, 0.6) is 0 Å². The molecule has 4 rings (SSSR count). The van der Waals surface area contributed by atoms with Crippen molar-refractivity contribution < 1.29 is 17.6 Å². The fourth-order valence-corrected chi connectivity index (χ4v) is 6.70. The SMILES string of the molecule is C#CCn1c(=NC(=O)C2CCCN2S(=O)(=O)c2ccc(F)cc2)sc2cc(C(C)C)ccc21. The quantitative estimate of drug-likeness (QED) is 0.515. The van der Waals surface area contributed by atoms with Gasteiger partial charge in [0, 0.05) is 6.54 Å². The van der Waals surface area contributed by atoms with Crippen molar-refractivity contribution in [1.82, 2.24) is 8.87 Å². The minimum Gasteiger partial charge on any atom is -0.305 e. The zero-order valence-electron chi connectivity index (χ0n) is 18.4. The van der Waals surface area contributed by atoms with Crippen LogP contribution >= 0.6 is 11.3 Å². The summed E-state index contributed by atoms with van der Waals surface area (Å²) in [6, 6.07) is 9.78. The Morgan fingerprint density at radius 1 is 1.27 bits per heavy atom. The van der Waals surface area contributed by atoms with Crippen molar-refractivity contribution in [1.29, 1.82) is 0 Å². The molecule has 0 spiro atoms. The van der Waals surface area contributed by atoms with E-state index in [0.29, 0.717) is 23.6 Å². The highest BCUT2D eigenvalue weighted by Gasteiger charge is 2.39. The fourth-order valence-electron chi connectivity index (χ4n) is 3.96. The molecule has 1 fully saturated rings. The van der Waals surface area contributed by atoms with Crippen molar-refractivity contribution in [2.45, 2.75) is 50.1 Å². The first-order valence-corrected chi connectivity index (χ1v) is 12.9. The van der Waals surface area contributed by atoms with Gasteiger partial charge in [-0.3, -0.25) is 4.79 Å². The molecule has 1 aliphatic heterocycles. The van der Waals surface area contributed by atoms with Crippen LogP contribution in [-0.2, 0) is 21.4 Å². The second kappa shape index (κ2) is 9.21. The Labute approximate surface area is 196 Å². The van der Waals surface area contributed by atoms with Gasteiger partial charge in [0.05, 0.1) is 21.7 Å². The van der Waals surface area contributed by atoms with Gasteiger partial charge in [0.2, 0.25) is 10.0 Å². The van der Waals surface area contributed by atoms with E-state index in [1.165, 1.54) is 33.3 Å². The van der Waals surface area contributed by atoms with Gasteiger partial charge in [-0.25, -0.2) is 12.8 Å². The minimum atomic E-state index is -3.95. The van der Waals surface area contributed by atoms with Crippen LogP contribution in [-0.4, -0.2) is 35.8 Å². The topological polar surface area (TPSA) is 71.7 Å². The number of thiazole rings is 1. The van der Waals surface area contributed by atoms with Crippen molar-refractivity contribution in [3.05, 3.63) is 58.6 Å². The molecule has 2 aromatic carbocycles. The highest BCUT2D eigenvalue weighted by molar-refractivity contribution is 7.89. The zero-order chi connectivity index (χ0) is 23.8. The molecule has 2 heterocycles. The molecule has 0 bridgehead atoms. The number of nitrogens with zero attached hydrogens (tertiary/aromatic N) is 3. The Hall–Kier alpha value is -2.80. The number of hydrogen-bond acceptors (Lipinski definition) is 4. The predicted octanol–water partition coefficient (Wildman–Crippen LogP) is 3.88. The molecule has 0 N–H and O–H groups in total. The molecule has 9 heteroatoms. The van der Waals surface area contributed by atoms with E-state index in [1.807, 2.05) is 12.1 Å². The monoisotopic (exact) mass is 485 g/mol. The van der Waals surface area contributed by atoms with E-state index in [9.17, 15) is 17.6 Å². The summed E-state index contributed by atoms with van der Waals surface area (Å²) in [6.07, 6.45) is 6.48. The Morgan fingerprint density at radius 2 is 2.00 bits per heavy atom. The van der Waals surface area contributed by atoms with Crippen LogP contribution in [0.15, 0.2) is 52.4 Å². The summed E-state index contributed by atoms with van der Waals surface area (Å²) < 4.78 is 43.4. The van der Waals surface area contributed by atoms with E-state index >= 15 is 0 Å². The maximum atomic E-state index is 13.3. The van der Waals surface area contributed by atoms with Crippen molar-refractivity contribution >= 4 is 37.5 Å². The smallest absolute Gasteiger partial charge is 0.266 e. The largest absolute Gasteiger partial charge is 0.305 e. The molecule has 1 amide bonds. The molecular weight excluding hydrogens is 461 g/mol. The van der Waals surface area contributed by atoms with Gasteiger partial charge >= 0.3 is 0 Å². The number of carbonyl (C=O) groups excluding carboxylic acids is 1. The summed E-state index contributed by atoms with van der Waals surface area (Å²) in [6.45, 7) is 4.67. The van der Waals surface area contributed by atoms with Crippen molar-refractivity contribution in [2.75, 3.05) is 6.54 Å². The molecule has 172 valence electrons. The van der Waals surface area contributed by atoms with Crippen LogP contribution in [0.1, 0.15) is 38.2 Å². The van der Waals surface area contributed by atoms with Crippen LogP contribution in [0, 0.1) is 18.2 Å². The van der Waals surface area contributed by atoms with E-state index in [-0.39, 0.29) is 18.0 Å². The van der Waals surface area contributed by atoms with Gasteiger partial charge in [-0.15, -0.1) is 6.42 Å². The third-order valence-electron chi connectivity index (χ3n) is 5.74. The lowest BCUT2D eigenvalue weighted by atomic mass is 10.0. The summed E-state index contributed by atoms with van der Waals surface area (Å²) in [4.78, 5) is 17.9. The zero-order valence-corrected chi connectivity index (χ0v) is 20.0. The Kier molecular flexibility index (Phi) is 6.52. The maximum Gasteiger partial charge on any atom is 0.266 e. The summed E-state index contributed by atoms with van der Waals surface area (Å²) in [7, 11) is -3.95. The maximum absolute atomic E-state index is 13.3. The lowest BCUT2D eigenvalue weighted by Crippen LogP contribution is -2.40. The first-order chi connectivity index (χ1) is 15.7. The summed E-state index contributed by atoms with van der Waals surface area (Å²) in [5.74, 6) is 1.90. The number of aromatic nitrogens is 1. The van der Waals surface area contributed by atoms with Gasteiger partial charge in [0.1, 0.15) is 11.9 Å². The lowest BCUT2D eigenvalue weighted by Gasteiger charge is -2.21. The third kappa shape index (κ3) is 4.51. The lowest BCUT2D eigenvalue weighted by molar-refractivity contribution is -0.121. The summed E-state index contributed by atoms with van der Waals surface area (Å²) in [5.41, 5.74) is 2.05. The van der Waals surface area contributed by atoms with E-state index in [2.05, 4.69) is 30.8 Å². The molecule has 1 aromatic heterocycles. The predicted molar refractivity (Wildman–Crippen MR) is 127 cm³/mol. The van der Waals surface area contributed by atoms with E-state index in [0.717, 1.165) is 22.3 Å². The second-order valence-corrected chi connectivity index (χ2v) is 11.1. The van der Waals surface area contributed by atoms with Gasteiger partial charge in [0.25, 0.3) is 5.91 Å². The highest BCUT2D eigenvalue weighted by Crippen LogP contribution is 2.28. The van der Waals surface area contributed by atoms with Gasteiger partial charge < -0.3 is 4.57 Å². The van der Waals surface area contributed by atoms with Gasteiger partial charge in [-0.1, -0.05) is 37.2 Å². The number of terminal acetylenes is 1. The number of amides is 1. The summed E-state index contributed by atoms with van der Waals surface area (Å²) >= 11 is 1.36. The first-order valence-electron chi connectivity index (χ1n) is 10.6. The fraction of sp³-hybridized carbons (Fsp3) is 0.333. The molecule has 0 radical (unpaired) electrons. The average Bonchev–Trinajstić information content (AvgIpc) is 3.40. The van der Waals surface area contributed by atoms with Crippen molar-refractivity contribution in [3.8, 4) is 12.3 Å². The van der Waals surface area contributed by atoms with Crippen LogP contribution in [0.3, 0.4) is 0 Å². The Morgan fingerprint density at radius 3 is 2.67 bits per heavy atom. The van der Waals surface area contributed by atoms with E-state index in [4.69, 9.17) is 6.42 Å². The van der Waals surface area contributed by atoms with Crippen LogP contribution in [0.4, 0.5) is 4.39 Å². The number of benzene rings is 2. The molecule has 1 saturated heterocycles. The van der Waals surface area contributed by atoms with E-state index in [1.54, 1.807) is 4.57 Å². The van der Waals surface area contributed by atoms with Crippen LogP contribution in [0.2, 0.25) is 0 Å². The summed E-state index contributed by atoms with van der Waals surface area (Å²) in [5, 5.41) is 0. The average molecular weight is 486 g/mol. The second-order valence-electron chi connectivity index (χ2n) is 8.23. The minimum absolute atomic E-state index is 0.0472. The molecule has 1 aliphatic rings. The molecular formula is C24H24FN3O3S2. The number of fused-ring (bicyclic) bond motifs is 1. The molecule has 0 saturated carbocycles. The van der Waals surface area contributed by atoms with Gasteiger partial charge in [-0.2, -0.15) is 9.30 Å². The molecule has 0 aliphatic carbocycles. The standard InChI is InChI=1S/C24H24FN3O3S2/c1-4-13-27-20-12-7-17(16(2)3)15-22(20)32-24(27)26-23(29)21-6-5-14-28(21)33(30,31)19-10-8-18(25)9-11-19/h1,7-12,15-16,21H,5-6,13-14H2,2-3H3. The first kappa shape index (κ1) is 23.4. The molecule has 1 atom stereocenters. The van der Waals surface area contributed by atoms with Crippen molar-refractivity contribution in [2.24, 2.45) is 4.99 Å². The molecule has 6 nitrogen and oxygen atoms in total. The number of hydrogen-bond donors (Lipinski definition) is 0.